The summed E-state index contributed by atoms with van der Waals surface area (Å²) < 4.78 is 11.8. The van der Waals surface area contributed by atoms with E-state index in [9.17, 15) is 14.4 Å². The summed E-state index contributed by atoms with van der Waals surface area (Å²) >= 11 is 1.18. The topological polar surface area (TPSA) is 99.9 Å². The van der Waals surface area contributed by atoms with E-state index in [2.05, 4.69) is 10.1 Å². The summed E-state index contributed by atoms with van der Waals surface area (Å²) in [6, 6.07) is 8.24. The van der Waals surface area contributed by atoms with Crippen LogP contribution in [0.2, 0.25) is 0 Å². The summed E-state index contributed by atoms with van der Waals surface area (Å²) in [4.78, 5) is 40.7. The molecule has 3 aromatic rings. The van der Waals surface area contributed by atoms with Gasteiger partial charge in [0.1, 0.15) is 12.4 Å². The number of aromatic nitrogens is 3. The van der Waals surface area contributed by atoms with Crippen molar-refractivity contribution in [3.05, 3.63) is 57.0 Å². The van der Waals surface area contributed by atoms with Gasteiger partial charge in [-0.1, -0.05) is 18.3 Å². The summed E-state index contributed by atoms with van der Waals surface area (Å²) in [5.41, 5.74) is 0.845. The van der Waals surface area contributed by atoms with Gasteiger partial charge in [0.05, 0.1) is 13.0 Å². The molecule has 0 bridgehead atoms. The molecule has 0 spiro atoms. The van der Waals surface area contributed by atoms with Crippen molar-refractivity contribution in [1.29, 1.82) is 0 Å². The van der Waals surface area contributed by atoms with Crippen LogP contribution in [-0.4, -0.2) is 33.0 Å². The van der Waals surface area contributed by atoms with Gasteiger partial charge in [-0.3, -0.25) is 14.4 Å². The minimum absolute atomic E-state index is 0.0326. The van der Waals surface area contributed by atoms with Crippen LogP contribution in [0.25, 0.3) is 4.96 Å². The van der Waals surface area contributed by atoms with E-state index in [0.29, 0.717) is 33.6 Å². The van der Waals surface area contributed by atoms with E-state index in [1.54, 1.807) is 31.2 Å². The van der Waals surface area contributed by atoms with E-state index < -0.39 is 5.97 Å². The maximum atomic E-state index is 12.2. The molecule has 0 atom stereocenters. The van der Waals surface area contributed by atoms with Gasteiger partial charge >= 0.3 is 5.97 Å². The van der Waals surface area contributed by atoms with Crippen LogP contribution in [0.5, 0.6) is 5.75 Å². The number of hydrogen-bond acceptors (Lipinski definition) is 8. The first kappa shape index (κ1) is 20.7. The zero-order chi connectivity index (χ0) is 20.8. The summed E-state index contributed by atoms with van der Waals surface area (Å²) in [7, 11) is 0. The van der Waals surface area contributed by atoms with Crippen LogP contribution in [0.15, 0.2) is 35.1 Å². The third-order valence-corrected chi connectivity index (χ3v) is 4.86. The highest BCUT2D eigenvalue weighted by atomic mass is 32.1. The van der Waals surface area contributed by atoms with Crippen molar-refractivity contribution in [3.8, 4) is 5.75 Å². The van der Waals surface area contributed by atoms with Gasteiger partial charge < -0.3 is 9.47 Å². The van der Waals surface area contributed by atoms with Crippen LogP contribution in [0.3, 0.4) is 0 Å². The largest absolute Gasteiger partial charge is 0.494 e. The number of ether oxygens (including phenoxy) is 2. The Hall–Kier alpha value is -3.07. The molecule has 3 rings (SSSR count). The van der Waals surface area contributed by atoms with Crippen molar-refractivity contribution >= 4 is 28.1 Å². The first-order valence-electron chi connectivity index (χ1n) is 9.24. The lowest BCUT2D eigenvalue weighted by Crippen LogP contribution is -2.14. The molecule has 2 aromatic heterocycles. The van der Waals surface area contributed by atoms with Gasteiger partial charge in [-0.15, -0.1) is 0 Å². The molecule has 9 heteroatoms. The molecular formula is C20H21N3O5S. The highest BCUT2D eigenvalue weighted by Gasteiger charge is 2.13. The molecule has 0 saturated carbocycles. The Morgan fingerprint density at radius 1 is 1.17 bits per heavy atom. The first-order valence-corrected chi connectivity index (χ1v) is 10.1. The molecule has 0 radical (unpaired) electrons. The number of benzene rings is 1. The third kappa shape index (κ3) is 5.47. The summed E-state index contributed by atoms with van der Waals surface area (Å²) in [5, 5.41) is 4.56. The monoisotopic (exact) mass is 415 g/mol. The number of aryl methyl sites for hydroxylation is 1. The molecular weight excluding hydrogens is 394 g/mol. The zero-order valence-corrected chi connectivity index (χ0v) is 17.0. The first-order chi connectivity index (χ1) is 14.0. The van der Waals surface area contributed by atoms with Gasteiger partial charge in [0.25, 0.3) is 5.56 Å². The number of nitrogens with zero attached hydrogens (tertiary/aromatic N) is 3. The number of hydrogen-bond donors (Lipinski definition) is 0. The summed E-state index contributed by atoms with van der Waals surface area (Å²) in [6.07, 6.45) is 0.926. The Morgan fingerprint density at radius 2 is 1.93 bits per heavy atom. The molecule has 0 amide bonds. The maximum absolute atomic E-state index is 12.2. The molecule has 1 aromatic carbocycles. The fraction of sp³-hybridized carbons (Fsp3) is 0.350. The molecule has 0 aliphatic heterocycles. The number of rotatable bonds is 9. The molecule has 0 aliphatic carbocycles. The zero-order valence-electron chi connectivity index (χ0n) is 16.2. The molecule has 29 heavy (non-hydrogen) atoms. The lowest BCUT2D eigenvalue weighted by molar-refractivity contribution is -0.144. The van der Waals surface area contributed by atoms with Crippen molar-refractivity contribution in [3.63, 3.8) is 0 Å². The summed E-state index contributed by atoms with van der Waals surface area (Å²) in [5.74, 6) is 0.0645. The number of esters is 1. The van der Waals surface area contributed by atoms with E-state index >= 15 is 0 Å². The van der Waals surface area contributed by atoms with E-state index in [1.807, 2.05) is 6.92 Å². The second-order valence-electron chi connectivity index (χ2n) is 6.38. The highest BCUT2D eigenvalue weighted by Crippen LogP contribution is 2.15. The number of carbonyl (C=O) groups is 2. The molecule has 0 N–H and O–H groups in total. The van der Waals surface area contributed by atoms with Crippen molar-refractivity contribution in [2.24, 2.45) is 0 Å². The minimum atomic E-state index is -0.503. The number of fused-ring (bicyclic) bond motifs is 1. The molecule has 0 fully saturated rings. The van der Waals surface area contributed by atoms with Gasteiger partial charge in [0.15, 0.2) is 10.8 Å². The average molecular weight is 415 g/mol. The Kier molecular flexibility index (Phi) is 6.71. The quantitative estimate of drug-likeness (QED) is 0.391. The maximum Gasteiger partial charge on any atom is 0.306 e. The molecule has 0 aliphatic rings. The fourth-order valence-electron chi connectivity index (χ4n) is 2.55. The Labute approximate surface area is 171 Å². The predicted molar refractivity (Wildman–Crippen MR) is 107 cm³/mol. The van der Waals surface area contributed by atoms with E-state index in [1.165, 1.54) is 21.9 Å². The van der Waals surface area contributed by atoms with Gasteiger partial charge in [0, 0.05) is 23.7 Å². The van der Waals surface area contributed by atoms with Crippen molar-refractivity contribution in [2.75, 3.05) is 6.61 Å². The lowest BCUT2D eigenvalue weighted by atomic mass is 10.1. The molecule has 0 unspecified atom stereocenters. The fourth-order valence-corrected chi connectivity index (χ4v) is 3.41. The molecule has 152 valence electrons. The normalized spacial score (nSPS) is 10.8. The van der Waals surface area contributed by atoms with Crippen molar-refractivity contribution < 1.29 is 19.1 Å². The molecule has 2 heterocycles. The predicted octanol–water partition coefficient (Wildman–Crippen LogP) is 2.95. The van der Waals surface area contributed by atoms with E-state index in [0.717, 1.165) is 6.42 Å². The average Bonchev–Trinajstić information content (AvgIpc) is 3.12. The second-order valence-corrected chi connectivity index (χ2v) is 7.42. The minimum Gasteiger partial charge on any atom is -0.494 e. The number of carbonyl (C=O) groups excluding carboxylic acids is 2. The lowest BCUT2D eigenvalue weighted by Gasteiger charge is -2.06. The highest BCUT2D eigenvalue weighted by molar-refractivity contribution is 7.16. The second kappa shape index (κ2) is 9.42. The Balaban J connectivity index is 1.49. The van der Waals surface area contributed by atoms with Crippen molar-refractivity contribution in [2.45, 2.75) is 39.7 Å². The van der Waals surface area contributed by atoms with Crippen LogP contribution in [-0.2, 0) is 16.1 Å². The van der Waals surface area contributed by atoms with Gasteiger partial charge in [0.2, 0.25) is 4.96 Å². The third-order valence-electron chi connectivity index (χ3n) is 3.98. The molecule has 0 saturated heterocycles. The van der Waals surface area contributed by atoms with E-state index in [-0.39, 0.29) is 30.8 Å². The van der Waals surface area contributed by atoms with Crippen LogP contribution < -0.4 is 10.3 Å². The smallest absolute Gasteiger partial charge is 0.306 e. The SMILES string of the molecule is CCCOc1ccc(C(=O)CCC(=O)OCc2nn3c(=O)cc(C)nc3s2)cc1. The standard InChI is InChI=1S/C20H21N3O5S/c1-3-10-27-15-6-4-14(5-7-15)16(24)8-9-19(26)28-12-17-22-23-18(25)11-13(2)21-20(23)29-17/h4-7,11H,3,8-10,12H2,1-2H3. The summed E-state index contributed by atoms with van der Waals surface area (Å²) in [6.45, 7) is 4.30. The number of ketones is 1. The van der Waals surface area contributed by atoms with Gasteiger partial charge in [-0.25, -0.2) is 4.98 Å². The number of Topliss-reactive ketones (excluding diaryl/α,β-unsaturated/α-hetero) is 1. The Bertz CT molecular complexity index is 1070. The van der Waals surface area contributed by atoms with E-state index in [4.69, 9.17) is 9.47 Å². The van der Waals surface area contributed by atoms with Crippen LogP contribution in [0.4, 0.5) is 0 Å². The van der Waals surface area contributed by atoms with Crippen LogP contribution in [0.1, 0.15) is 47.2 Å². The van der Waals surface area contributed by atoms with Gasteiger partial charge in [-0.05, 0) is 37.6 Å². The van der Waals surface area contributed by atoms with Crippen molar-refractivity contribution in [1.82, 2.24) is 14.6 Å². The van der Waals surface area contributed by atoms with Crippen LogP contribution in [0, 0.1) is 6.92 Å². The molecule has 8 nitrogen and oxygen atoms in total. The Morgan fingerprint density at radius 3 is 2.66 bits per heavy atom. The van der Waals surface area contributed by atoms with Crippen LogP contribution >= 0.6 is 11.3 Å². The van der Waals surface area contributed by atoms with Gasteiger partial charge in [-0.2, -0.15) is 9.61 Å².